The van der Waals surface area contributed by atoms with Crippen molar-refractivity contribution < 1.29 is 9.18 Å². The number of likely N-dealkylation sites (N-methyl/N-ethyl adjacent to an activating group) is 1. The SMILES string of the molecule is CN(C)C(=O)CNCc1cc(Br)ccc1F. The van der Waals surface area contributed by atoms with E-state index in [1.807, 2.05) is 0 Å². The molecule has 1 aromatic rings. The predicted molar refractivity (Wildman–Crippen MR) is 64.5 cm³/mol. The van der Waals surface area contributed by atoms with E-state index in [0.717, 1.165) is 4.47 Å². The zero-order chi connectivity index (χ0) is 12.1. The van der Waals surface area contributed by atoms with E-state index in [9.17, 15) is 9.18 Å². The Morgan fingerprint density at radius 2 is 2.19 bits per heavy atom. The lowest BCUT2D eigenvalue weighted by Gasteiger charge is -2.11. The summed E-state index contributed by atoms with van der Waals surface area (Å²) in [5, 5.41) is 2.90. The number of carbonyl (C=O) groups excluding carboxylic acids is 1. The fourth-order valence-electron chi connectivity index (χ4n) is 1.14. The summed E-state index contributed by atoms with van der Waals surface area (Å²) in [6.07, 6.45) is 0. The maximum Gasteiger partial charge on any atom is 0.236 e. The van der Waals surface area contributed by atoms with Gasteiger partial charge in [-0.25, -0.2) is 4.39 Å². The van der Waals surface area contributed by atoms with Crippen LogP contribution >= 0.6 is 15.9 Å². The van der Waals surface area contributed by atoms with Gasteiger partial charge in [-0.15, -0.1) is 0 Å². The number of rotatable bonds is 4. The lowest BCUT2D eigenvalue weighted by atomic mass is 10.2. The molecule has 0 spiro atoms. The second-order valence-electron chi connectivity index (χ2n) is 3.63. The van der Waals surface area contributed by atoms with Gasteiger partial charge in [-0.2, -0.15) is 0 Å². The Morgan fingerprint density at radius 1 is 1.50 bits per heavy atom. The van der Waals surface area contributed by atoms with Gasteiger partial charge in [0.25, 0.3) is 0 Å². The van der Waals surface area contributed by atoms with Crippen molar-refractivity contribution in [3.05, 3.63) is 34.1 Å². The zero-order valence-electron chi connectivity index (χ0n) is 9.26. The van der Waals surface area contributed by atoms with Crippen LogP contribution in [-0.4, -0.2) is 31.4 Å². The Morgan fingerprint density at radius 3 is 2.81 bits per heavy atom. The topological polar surface area (TPSA) is 32.3 Å². The molecule has 0 saturated carbocycles. The third kappa shape index (κ3) is 3.90. The molecule has 0 aliphatic heterocycles. The molecule has 0 radical (unpaired) electrons. The van der Waals surface area contributed by atoms with Crippen LogP contribution in [-0.2, 0) is 11.3 Å². The quantitative estimate of drug-likeness (QED) is 0.916. The Bertz CT molecular complexity index is 382. The minimum Gasteiger partial charge on any atom is -0.348 e. The van der Waals surface area contributed by atoms with Crippen LogP contribution in [0.3, 0.4) is 0 Å². The second-order valence-corrected chi connectivity index (χ2v) is 4.54. The van der Waals surface area contributed by atoms with Crippen molar-refractivity contribution in [2.24, 2.45) is 0 Å². The fraction of sp³-hybridized carbons (Fsp3) is 0.364. The van der Waals surface area contributed by atoms with Crippen LogP contribution in [0.5, 0.6) is 0 Å². The summed E-state index contributed by atoms with van der Waals surface area (Å²) in [4.78, 5) is 12.7. The number of carbonyl (C=O) groups is 1. The molecule has 0 unspecified atom stereocenters. The Balaban J connectivity index is 2.49. The number of hydrogen-bond donors (Lipinski definition) is 1. The van der Waals surface area contributed by atoms with Gasteiger partial charge in [0.15, 0.2) is 0 Å². The van der Waals surface area contributed by atoms with Crippen LogP contribution in [0.25, 0.3) is 0 Å². The highest BCUT2D eigenvalue weighted by Gasteiger charge is 2.05. The summed E-state index contributed by atoms with van der Waals surface area (Å²) in [5.74, 6) is -0.302. The minimum atomic E-state index is -0.270. The molecule has 5 heteroatoms. The molecule has 88 valence electrons. The molecular weight excluding hydrogens is 275 g/mol. The van der Waals surface area contributed by atoms with Crippen molar-refractivity contribution in [1.82, 2.24) is 10.2 Å². The van der Waals surface area contributed by atoms with Crippen LogP contribution in [0.1, 0.15) is 5.56 Å². The highest BCUT2D eigenvalue weighted by molar-refractivity contribution is 9.10. The molecular formula is C11H14BrFN2O. The maximum absolute atomic E-state index is 13.3. The molecule has 0 saturated heterocycles. The number of amides is 1. The van der Waals surface area contributed by atoms with Gasteiger partial charge < -0.3 is 10.2 Å². The molecule has 0 heterocycles. The first-order valence-electron chi connectivity index (χ1n) is 4.85. The van der Waals surface area contributed by atoms with Crippen LogP contribution in [0, 0.1) is 5.82 Å². The van der Waals surface area contributed by atoms with E-state index >= 15 is 0 Å². The van der Waals surface area contributed by atoms with E-state index in [1.165, 1.54) is 11.0 Å². The van der Waals surface area contributed by atoms with Crippen molar-refractivity contribution in [2.45, 2.75) is 6.54 Å². The average Bonchev–Trinajstić information content (AvgIpc) is 2.22. The van der Waals surface area contributed by atoms with Crippen molar-refractivity contribution >= 4 is 21.8 Å². The first-order chi connectivity index (χ1) is 7.50. The average molecular weight is 289 g/mol. The molecule has 0 atom stereocenters. The van der Waals surface area contributed by atoms with E-state index in [-0.39, 0.29) is 18.3 Å². The largest absolute Gasteiger partial charge is 0.348 e. The predicted octanol–water partition coefficient (Wildman–Crippen LogP) is 1.77. The van der Waals surface area contributed by atoms with E-state index in [4.69, 9.17) is 0 Å². The monoisotopic (exact) mass is 288 g/mol. The third-order valence-corrected chi connectivity index (χ3v) is 2.59. The number of benzene rings is 1. The molecule has 0 aliphatic carbocycles. The second kappa shape index (κ2) is 5.96. The normalized spacial score (nSPS) is 10.2. The molecule has 3 nitrogen and oxygen atoms in total. The van der Waals surface area contributed by atoms with Crippen molar-refractivity contribution in [3.63, 3.8) is 0 Å². The van der Waals surface area contributed by atoms with Gasteiger partial charge in [0.05, 0.1) is 6.54 Å². The van der Waals surface area contributed by atoms with Crippen molar-refractivity contribution in [2.75, 3.05) is 20.6 Å². The van der Waals surface area contributed by atoms with Crippen LogP contribution in [0.2, 0.25) is 0 Å². The van der Waals surface area contributed by atoms with E-state index in [1.54, 1.807) is 26.2 Å². The van der Waals surface area contributed by atoms with E-state index in [2.05, 4.69) is 21.2 Å². The number of nitrogens with zero attached hydrogens (tertiary/aromatic N) is 1. The minimum absolute atomic E-state index is 0.0320. The molecule has 0 fully saturated rings. The molecule has 1 aromatic carbocycles. The number of halogens is 2. The fourth-order valence-corrected chi connectivity index (χ4v) is 1.55. The van der Waals surface area contributed by atoms with Crippen molar-refractivity contribution in [1.29, 1.82) is 0 Å². The van der Waals surface area contributed by atoms with Gasteiger partial charge in [0.2, 0.25) is 5.91 Å². The summed E-state index contributed by atoms with van der Waals surface area (Å²) in [6.45, 7) is 0.545. The van der Waals surface area contributed by atoms with Gasteiger partial charge in [-0.05, 0) is 18.2 Å². The molecule has 0 aromatic heterocycles. The van der Waals surface area contributed by atoms with Gasteiger partial charge in [0.1, 0.15) is 5.82 Å². The van der Waals surface area contributed by atoms with E-state index in [0.29, 0.717) is 12.1 Å². The Labute approximate surface area is 103 Å². The summed E-state index contributed by atoms with van der Waals surface area (Å²) < 4.78 is 14.1. The van der Waals surface area contributed by atoms with Crippen LogP contribution in [0.15, 0.2) is 22.7 Å². The standard InChI is InChI=1S/C11H14BrFN2O/c1-15(2)11(16)7-14-6-8-5-9(12)3-4-10(8)13/h3-5,14H,6-7H2,1-2H3. The Hall–Kier alpha value is -0.940. The Kier molecular flexibility index (Phi) is 4.89. The lowest BCUT2D eigenvalue weighted by molar-refractivity contribution is -0.127. The number of nitrogens with one attached hydrogen (secondary N) is 1. The molecule has 0 aliphatic rings. The van der Waals surface area contributed by atoms with E-state index < -0.39 is 0 Å². The van der Waals surface area contributed by atoms with Gasteiger partial charge in [-0.1, -0.05) is 15.9 Å². The lowest BCUT2D eigenvalue weighted by Crippen LogP contribution is -2.32. The highest BCUT2D eigenvalue weighted by atomic mass is 79.9. The highest BCUT2D eigenvalue weighted by Crippen LogP contribution is 2.15. The first-order valence-corrected chi connectivity index (χ1v) is 5.65. The smallest absolute Gasteiger partial charge is 0.236 e. The molecule has 1 rings (SSSR count). The summed E-state index contributed by atoms with van der Waals surface area (Å²) >= 11 is 3.27. The first kappa shape index (κ1) is 13.1. The molecule has 1 N–H and O–H groups in total. The third-order valence-electron chi connectivity index (χ3n) is 2.10. The summed E-state index contributed by atoms with van der Waals surface area (Å²) in [6, 6.07) is 4.74. The number of hydrogen-bond acceptors (Lipinski definition) is 2. The molecule has 1 amide bonds. The summed E-state index contributed by atoms with van der Waals surface area (Å²) in [5.41, 5.74) is 0.543. The van der Waals surface area contributed by atoms with Gasteiger partial charge >= 0.3 is 0 Å². The zero-order valence-corrected chi connectivity index (χ0v) is 10.8. The molecule has 16 heavy (non-hydrogen) atoms. The molecule has 0 bridgehead atoms. The van der Waals surface area contributed by atoms with Gasteiger partial charge in [-0.3, -0.25) is 4.79 Å². The summed E-state index contributed by atoms with van der Waals surface area (Å²) in [7, 11) is 3.37. The van der Waals surface area contributed by atoms with Gasteiger partial charge in [0, 0.05) is 30.7 Å². The van der Waals surface area contributed by atoms with Crippen molar-refractivity contribution in [3.8, 4) is 0 Å². The van der Waals surface area contributed by atoms with Crippen LogP contribution < -0.4 is 5.32 Å². The maximum atomic E-state index is 13.3. The van der Waals surface area contributed by atoms with Crippen LogP contribution in [0.4, 0.5) is 4.39 Å².